The number of H-pyrrole nitrogens is 1. The van der Waals surface area contributed by atoms with E-state index in [4.69, 9.17) is 5.11 Å². The van der Waals surface area contributed by atoms with Gasteiger partial charge in [0.15, 0.2) is 0 Å². The van der Waals surface area contributed by atoms with Crippen LogP contribution in [0.3, 0.4) is 0 Å². The summed E-state index contributed by atoms with van der Waals surface area (Å²) in [5.41, 5.74) is 0.348. The summed E-state index contributed by atoms with van der Waals surface area (Å²) in [4.78, 5) is 43.6. The minimum atomic E-state index is -0.885. The Bertz CT molecular complexity index is 749. The van der Waals surface area contributed by atoms with Crippen molar-refractivity contribution in [3.8, 4) is 0 Å². The fourth-order valence-electron chi connectivity index (χ4n) is 2.02. The van der Waals surface area contributed by atoms with Gasteiger partial charge in [0.2, 0.25) is 0 Å². The van der Waals surface area contributed by atoms with Crippen LogP contribution in [-0.4, -0.2) is 45.4 Å². The van der Waals surface area contributed by atoms with E-state index in [1.165, 1.54) is 22.6 Å². The summed E-state index contributed by atoms with van der Waals surface area (Å²) in [5, 5.41) is 9.04. The van der Waals surface area contributed by atoms with Crippen LogP contribution in [0, 0.1) is 6.92 Å². The van der Waals surface area contributed by atoms with Crippen molar-refractivity contribution in [1.82, 2.24) is 14.9 Å². The molecule has 0 saturated heterocycles. The van der Waals surface area contributed by atoms with Gasteiger partial charge in [-0.25, -0.2) is 4.98 Å². The summed E-state index contributed by atoms with van der Waals surface area (Å²) in [6, 6.07) is 0. The highest BCUT2D eigenvalue weighted by Gasteiger charge is 2.21. The molecule has 112 valence electrons. The van der Waals surface area contributed by atoms with Gasteiger partial charge in [-0.1, -0.05) is 0 Å². The molecule has 0 atom stereocenters. The summed E-state index contributed by atoms with van der Waals surface area (Å²) in [5.74, 6) is -1.11. The number of amides is 1. The van der Waals surface area contributed by atoms with E-state index in [-0.39, 0.29) is 17.9 Å². The number of hydrogen-bond donors (Lipinski definition) is 2. The van der Waals surface area contributed by atoms with Crippen LogP contribution in [0.4, 0.5) is 0 Å². The number of hydrogen-bond acceptors (Lipinski definition) is 5. The molecule has 0 unspecified atom stereocenters. The van der Waals surface area contributed by atoms with Crippen LogP contribution in [0.2, 0.25) is 0 Å². The number of carboxylic acids is 1. The molecule has 0 aromatic carbocycles. The minimum Gasteiger partial charge on any atom is -0.481 e. The number of thiophene rings is 1. The summed E-state index contributed by atoms with van der Waals surface area (Å²) >= 11 is 1.18. The predicted molar refractivity (Wildman–Crippen MR) is 78.8 cm³/mol. The second-order valence-corrected chi connectivity index (χ2v) is 5.69. The average Bonchev–Trinajstić information content (AvgIpc) is 2.76. The average molecular weight is 309 g/mol. The molecule has 0 aliphatic rings. The second kappa shape index (κ2) is 6.04. The largest absolute Gasteiger partial charge is 0.481 e. The first-order valence-electron chi connectivity index (χ1n) is 6.36. The van der Waals surface area contributed by atoms with E-state index in [9.17, 15) is 14.4 Å². The molecule has 2 rings (SSSR count). The zero-order valence-electron chi connectivity index (χ0n) is 11.7. The number of carbonyl (C=O) groups is 2. The third-order valence-electron chi connectivity index (χ3n) is 3.16. The number of aromatic amines is 1. The molecule has 0 aliphatic carbocycles. The molecule has 21 heavy (non-hydrogen) atoms. The maximum Gasteiger partial charge on any atom is 0.303 e. The Kier molecular flexibility index (Phi) is 4.37. The van der Waals surface area contributed by atoms with E-state index in [0.29, 0.717) is 33.6 Å². The zero-order valence-corrected chi connectivity index (χ0v) is 12.5. The lowest BCUT2D eigenvalue weighted by atomic mass is 10.2. The number of carboxylic acid groups (broad SMARTS) is 1. The number of fused-ring (bicyclic) bond motifs is 1. The molecular formula is C13H15N3O4S. The van der Waals surface area contributed by atoms with Crippen molar-refractivity contribution < 1.29 is 14.7 Å². The van der Waals surface area contributed by atoms with Crippen molar-refractivity contribution in [2.75, 3.05) is 13.6 Å². The van der Waals surface area contributed by atoms with Crippen LogP contribution in [0.15, 0.2) is 11.1 Å². The lowest BCUT2D eigenvalue weighted by Gasteiger charge is -2.16. The van der Waals surface area contributed by atoms with E-state index in [1.807, 2.05) is 0 Å². The normalized spacial score (nSPS) is 10.8. The topological polar surface area (TPSA) is 103 Å². The molecule has 0 bridgehead atoms. The fraction of sp³-hybridized carbons (Fsp3) is 0.385. The van der Waals surface area contributed by atoms with E-state index < -0.39 is 5.97 Å². The minimum absolute atomic E-state index is 0.0181. The molecule has 2 aromatic heterocycles. The lowest BCUT2D eigenvalue weighted by Crippen LogP contribution is -2.28. The fourth-order valence-corrected chi connectivity index (χ4v) is 3.17. The number of carbonyl (C=O) groups excluding carboxylic acids is 1. The molecule has 2 heterocycles. The number of nitrogens with zero attached hydrogens (tertiary/aromatic N) is 2. The van der Waals surface area contributed by atoms with Crippen molar-refractivity contribution in [2.45, 2.75) is 19.8 Å². The highest BCUT2D eigenvalue weighted by Crippen LogP contribution is 2.27. The molecule has 0 aliphatic heterocycles. The predicted octanol–water partition coefficient (Wildman–Crippen LogP) is 1.23. The van der Waals surface area contributed by atoms with Crippen molar-refractivity contribution in [3.63, 3.8) is 0 Å². The molecule has 1 amide bonds. The van der Waals surface area contributed by atoms with Gasteiger partial charge < -0.3 is 15.0 Å². The van der Waals surface area contributed by atoms with Gasteiger partial charge in [0, 0.05) is 20.0 Å². The van der Waals surface area contributed by atoms with Crippen molar-refractivity contribution in [1.29, 1.82) is 0 Å². The van der Waals surface area contributed by atoms with Crippen LogP contribution >= 0.6 is 11.3 Å². The lowest BCUT2D eigenvalue weighted by molar-refractivity contribution is -0.137. The number of aromatic nitrogens is 2. The Morgan fingerprint density at radius 3 is 2.81 bits per heavy atom. The number of rotatable bonds is 5. The van der Waals surface area contributed by atoms with Crippen LogP contribution in [-0.2, 0) is 4.79 Å². The summed E-state index contributed by atoms with van der Waals surface area (Å²) in [7, 11) is 1.62. The van der Waals surface area contributed by atoms with Crippen LogP contribution in [0.25, 0.3) is 10.2 Å². The molecule has 2 aromatic rings. The van der Waals surface area contributed by atoms with E-state index in [1.54, 1.807) is 14.0 Å². The molecule has 2 N–H and O–H groups in total. The Morgan fingerprint density at radius 2 is 2.19 bits per heavy atom. The molecule has 0 saturated carbocycles. The highest BCUT2D eigenvalue weighted by molar-refractivity contribution is 7.20. The summed E-state index contributed by atoms with van der Waals surface area (Å²) in [6.45, 7) is 2.07. The van der Waals surface area contributed by atoms with Gasteiger partial charge in [0.05, 0.1) is 16.6 Å². The first-order valence-corrected chi connectivity index (χ1v) is 7.17. The Labute approximate surface area is 124 Å². The van der Waals surface area contributed by atoms with Crippen LogP contribution < -0.4 is 5.56 Å². The van der Waals surface area contributed by atoms with Crippen LogP contribution in [0.1, 0.15) is 28.1 Å². The molecule has 0 spiro atoms. The van der Waals surface area contributed by atoms with Gasteiger partial charge in [-0.3, -0.25) is 14.4 Å². The Hall–Kier alpha value is -2.22. The maximum absolute atomic E-state index is 12.4. The standard InChI is InChI=1S/C13H15N3O4S/c1-7-9-11(19)14-6-15-12(9)21-10(7)13(20)16(2)5-3-4-8(17)18/h6H,3-5H2,1-2H3,(H,17,18)(H,14,15,19). The van der Waals surface area contributed by atoms with Gasteiger partial charge >= 0.3 is 5.97 Å². The van der Waals surface area contributed by atoms with Gasteiger partial charge in [-0.15, -0.1) is 11.3 Å². The Balaban J connectivity index is 2.23. The SMILES string of the molecule is Cc1c(C(=O)N(C)CCCC(=O)O)sc2nc[nH]c(=O)c12. The number of aryl methyl sites for hydroxylation is 1. The molecule has 0 radical (unpaired) electrons. The van der Waals surface area contributed by atoms with Crippen molar-refractivity contribution >= 4 is 33.4 Å². The van der Waals surface area contributed by atoms with Gasteiger partial charge in [0.1, 0.15) is 4.83 Å². The molecular weight excluding hydrogens is 294 g/mol. The Morgan fingerprint density at radius 1 is 1.48 bits per heavy atom. The van der Waals surface area contributed by atoms with E-state index in [2.05, 4.69) is 9.97 Å². The smallest absolute Gasteiger partial charge is 0.303 e. The van der Waals surface area contributed by atoms with Gasteiger partial charge in [-0.05, 0) is 18.9 Å². The van der Waals surface area contributed by atoms with Gasteiger partial charge in [0.25, 0.3) is 11.5 Å². The summed E-state index contributed by atoms with van der Waals surface area (Å²) < 4.78 is 0. The van der Waals surface area contributed by atoms with E-state index >= 15 is 0 Å². The van der Waals surface area contributed by atoms with Crippen molar-refractivity contribution in [2.24, 2.45) is 0 Å². The third-order valence-corrected chi connectivity index (χ3v) is 4.35. The highest BCUT2D eigenvalue weighted by atomic mass is 32.1. The molecule has 7 nitrogen and oxygen atoms in total. The maximum atomic E-state index is 12.4. The van der Waals surface area contributed by atoms with Gasteiger partial charge in [-0.2, -0.15) is 0 Å². The summed E-state index contributed by atoms with van der Waals surface area (Å²) in [6.07, 6.45) is 1.72. The second-order valence-electron chi connectivity index (χ2n) is 4.69. The third kappa shape index (κ3) is 3.10. The number of aliphatic carboxylic acids is 1. The van der Waals surface area contributed by atoms with E-state index in [0.717, 1.165) is 0 Å². The first kappa shape index (κ1) is 15.2. The first-order chi connectivity index (χ1) is 9.91. The zero-order chi connectivity index (χ0) is 15.6. The van der Waals surface area contributed by atoms with Crippen molar-refractivity contribution in [3.05, 3.63) is 27.1 Å². The van der Waals surface area contributed by atoms with Crippen LogP contribution in [0.5, 0.6) is 0 Å². The number of nitrogens with one attached hydrogen (secondary N) is 1. The monoisotopic (exact) mass is 309 g/mol. The molecule has 8 heteroatoms. The quantitative estimate of drug-likeness (QED) is 0.864. The molecule has 0 fully saturated rings.